The Bertz CT molecular complexity index is 59.6. The molecule has 0 heterocycles. The lowest BCUT2D eigenvalue weighted by atomic mass is 10.9. The van der Waals surface area contributed by atoms with Crippen LogP contribution in [-0.2, 0) is 9.59 Å². The van der Waals surface area contributed by atoms with Crippen LogP contribution in [0.5, 0.6) is 0 Å². The third kappa shape index (κ3) is 137. The second-order valence-electron chi connectivity index (χ2n) is 0.624. The SMILES string of the molecule is CC(=O)O.CN.O=CO. The third-order valence-corrected chi connectivity index (χ3v) is 0. The molecule has 0 saturated carbocycles. The monoisotopic (exact) mass is 137 g/mol. The Labute approximate surface area is 53.1 Å². The van der Waals surface area contributed by atoms with E-state index in [2.05, 4.69) is 5.73 Å². The number of hydrogen-bond donors (Lipinski definition) is 3. The van der Waals surface area contributed by atoms with Crippen LogP contribution in [0.15, 0.2) is 0 Å². The first-order chi connectivity index (χ1) is 4.15. The fourth-order valence-corrected chi connectivity index (χ4v) is 0. The Hall–Kier alpha value is -1.10. The zero-order chi connectivity index (χ0) is 8.28. The fraction of sp³-hybridized carbons (Fsp3) is 0.500. The molecule has 0 amide bonds. The highest BCUT2D eigenvalue weighted by Gasteiger charge is 1.65. The van der Waals surface area contributed by atoms with Crippen LogP contribution < -0.4 is 5.73 Å². The van der Waals surface area contributed by atoms with Crippen molar-refractivity contribution in [3.05, 3.63) is 0 Å². The average Bonchev–Trinajstić information content (AvgIpc) is 1.71. The van der Waals surface area contributed by atoms with E-state index in [0.717, 1.165) is 6.92 Å². The van der Waals surface area contributed by atoms with Crippen LogP contribution >= 0.6 is 0 Å². The van der Waals surface area contributed by atoms with Gasteiger partial charge in [0.2, 0.25) is 0 Å². The van der Waals surface area contributed by atoms with Gasteiger partial charge in [-0.25, -0.2) is 0 Å². The van der Waals surface area contributed by atoms with Crippen LogP contribution in [0.2, 0.25) is 0 Å². The van der Waals surface area contributed by atoms with Crippen LogP contribution in [0.4, 0.5) is 0 Å². The summed E-state index contributed by atoms with van der Waals surface area (Å²) in [6, 6.07) is 0. The molecule has 0 bridgehead atoms. The smallest absolute Gasteiger partial charge is 0.300 e. The van der Waals surface area contributed by atoms with Gasteiger partial charge in [-0.15, -0.1) is 0 Å². The number of aliphatic carboxylic acids is 1. The quantitative estimate of drug-likeness (QED) is 0.386. The van der Waals surface area contributed by atoms with Crippen molar-refractivity contribution in [3.63, 3.8) is 0 Å². The molecule has 0 radical (unpaired) electrons. The van der Waals surface area contributed by atoms with Gasteiger partial charge in [-0.3, -0.25) is 9.59 Å². The minimum absolute atomic E-state index is 0.250. The van der Waals surface area contributed by atoms with Crippen molar-refractivity contribution >= 4 is 12.4 Å². The van der Waals surface area contributed by atoms with Gasteiger partial charge in [0.15, 0.2) is 0 Å². The first kappa shape index (κ1) is 15.7. The molecule has 0 aromatic heterocycles. The Morgan fingerprint density at radius 1 is 1.56 bits per heavy atom. The summed E-state index contributed by atoms with van der Waals surface area (Å²) in [5.41, 5.74) is 4.50. The van der Waals surface area contributed by atoms with E-state index in [-0.39, 0.29) is 6.47 Å². The maximum Gasteiger partial charge on any atom is 0.300 e. The van der Waals surface area contributed by atoms with E-state index in [1.54, 1.807) is 0 Å². The van der Waals surface area contributed by atoms with E-state index in [1.807, 2.05) is 0 Å². The largest absolute Gasteiger partial charge is 0.483 e. The number of rotatable bonds is 0. The maximum atomic E-state index is 9.00. The predicted molar refractivity (Wildman–Crippen MR) is 32.1 cm³/mol. The standard InChI is InChI=1S/C2H4O2.CH5N.CH2O2/c1-2(3)4;1-2;2-1-3/h1H3,(H,3,4);2H2,1H3;1H,(H,2,3). The zero-order valence-electron chi connectivity index (χ0n) is 5.37. The highest BCUT2D eigenvalue weighted by atomic mass is 16.4. The molecule has 0 aliphatic heterocycles. The summed E-state index contributed by atoms with van der Waals surface area (Å²) in [6.45, 7) is 0.833. The third-order valence-electron chi connectivity index (χ3n) is 0. The van der Waals surface area contributed by atoms with E-state index in [9.17, 15) is 0 Å². The highest BCUT2D eigenvalue weighted by molar-refractivity contribution is 5.62. The summed E-state index contributed by atoms with van der Waals surface area (Å²) < 4.78 is 0. The Morgan fingerprint density at radius 3 is 1.56 bits per heavy atom. The molecular weight excluding hydrogens is 126 g/mol. The molecule has 0 atom stereocenters. The van der Waals surface area contributed by atoms with Crippen LogP contribution in [-0.4, -0.2) is 29.7 Å². The van der Waals surface area contributed by atoms with Gasteiger partial charge in [-0.05, 0) is 7.05 Å². The van der Waals surface area contributed by atoms with Crippen LogP contribution in [0.1, 0.15) is 6.92 Å². The average molecular weight is 137 g/mol. The maximum absolute atomic E-state index is 9.00. The van der Waals surface area contributed by atoms with Crippen molar-refractivity contribution in [2.75, 3.05) is 7.05 Å². The van der Waals surface area contributed by atoms with E-state index in [0.29, 0.717) is 0 Å². The molecule has 0 spiro atoms. The fourth-order valence-electron chi connectivity index (χ4n) is 0. The molecule has 0 aromatic carbocycles. The van der Waals surface area contributed by atoms with E-state index >= 15 is 0 Å². The lowest BCUT2D eigenvalue weighted by Gasteiger charge is -1.59. The first-order valence-electron chi connectivity index (χ1n) is 2.00. The molecule has 0 fully saturated rings. The van der Waals surface area contributed by atoms with Crippen molar-refractivity contribution < 1.29 is 19.8 Å². The lowest BCUT2D eigenvalue weighted by molar-refractivity contribution is -0.134. The predicted octanol–water partition coefficient (Wildman–Crippen LogP) is -0.633. The molecule has 5 heteroatoms. The highest BCUT2D eigenvalue weighted by Crippen LogP contribution is 1.42. The Morgan fingerprint density at radius 2 is 1.56 bits per heavy atom. The molecular formula is C4H11NO4. The van der Waals surface area contributed by atoms with Gasteiger partial charge in [0.1, 0.15) is 0 Å². The minimum Gasteiger partial charge on any atom is -0.483 e. The van der Waals surface area contributed by atoms with Crippen molar-refractivity contribution in [1.29, 1.82) is 0 Å². The molecule has 0 unspecified atom stereocenters. The van der Waals surface area contributed by atoms with Gasteiger partial charge >= 0.3 is 0 Å². The van der Waals surface area contributed by atoms with Gasteiger partial charge in [-0.2, -0.15) is 0 Å². The van der Waals surface area contributed by atoms with Crippen LogP contribution in [0.3, 0.4) is 0 Å². The topological polar surface area (TPSA) is 101 Å². The Balaban J connectivity index is -0.0000000646. The van der Waals surface area contributed by atoms with Gasteiger partial charge < -0.3 is 15.9 Å². The molecule has 0 aromatic rings. The van der Waals surface area contributed by atoms with Gasteiger partial charge in [-0.1, -0.05) is 0 Å². The molecule has 9 heavy (non-hydrogen) atoms. The van der Waals surface area contributed by atoms with Crippen LogP contribution in [0.25, 0.3) is 0 Å². The molecule has 56 valence electrons. The molecule has 4 N–H and O–H groups in total. The van der Waals surface area contributed by atoms with E-state index in [1.165, 1.54) is 7.05 Å². The summed E-state index contributed by atoms with van der Waals surface area (Å²) in [4.78, 5) is 17.4. The van der Waals surface area contributed by atoms with Crippen LogP contribution in [0, 0.1) is 0 Å². The summed E-state index contributed by atoms with van der Waals surface area (Å²) >= 11 is 0. The first-order valence-corrected chi connectivity index (χ1v) is 2.00. The van der Waals surface area contributed by atoms with Crippen molar-refractivity contribution in [3.8, 4) is 0 Å². The summed E-state index contributed by atoms with van der Waals surface area (Å²) in [5, 5.41) is 14.3. The summed E-state index contributed by atoms with van der Waals surface area (Å²) in [6.07, 6.45) is 0. The number of carboxylic acid groups (broad SMARTS) is 2. The minimum atomic E-state index is -0.833. The van der Waals surface area contributed by atoms with E-state index < -0.39 is 5.97 Å². The summed E-state index contributed by atoms with van der Waals surface area (Å²) in [7, 11) is 1.50. The lowest BCUT2D eigenvalue weighted by Crippen LogP contribution is -1.78. The van der Waals surface area contributed by atoms with Crippen molar-refractivity contribution in [2.24, 2.45) is 5.73 Å². The number of hydrogen-bond acceptors (Lipinski definition) is 3. The van der Waals surface area contributed by atoms with Gasteiger partial charge in [0.05, 0.1) is 0 Å². The second kappa shape index (κ2) is 28.6. The number of carboxylic acids is 1. The molecule has 0 rings (SSSR count). The van der Waals surface area contributed by atoms with Gasteiger partial charge in [0.25, 0.3) is 12.4 Å². The van der Waals surface area contributed by atoms with E-state index in [4.69, 9.17) is 19.8 Å². The molecule has 0 aliphatic rings. The molecule has 0 aliphatic carbocycles. The summed E-state index contributed by atoms with van der Waals surface area (Å²) in [5.74, 6) is -0.833. The van der Waals surface area contributed by atoms with Gasteiger partial charge in [0, 0.05) is 6.92 Å². The zero-order valence-corrected chi connectivity index (χ0v) is 5.37. The number of nitrogens with two attached hydrogens (primary N) is 1. The van der Waals surface area contributed by atoms with Crippen molar-refractivity contribution in [2.45, 2.75) is 6.92 Å². The molecule has 0 saturated heterocycles. The normalized spacial score (nSPS) is 4.78. The number of carbonyl (C=O) groups is 2. The second-order valence-corrected chi connectivity index (χ2v) is 0.624. The molecule has 5 nitrogen and oxygen atoms in total. The van der Waals surface area contributed by atoms with Crippen molar-refractivity contribution in [1.82, 2.24) is 0 Å². The Kier molecular flexibility index (Phi) is 49.7.